The first kappa shape index (κ1) is 19.6. The van der Waals surface area contributed by atoms with Crippen molar-refractivity contribution >= 4 is 16.7 Å². The summed E-state index contributed by atoms with van der Waals surface area (Å²) < 4.78 is 79.5. The number of rotatable bonds is 9. The molecule has 0 unspecified atom stereocenters. The van der Waals surface area contributed by atoms with Gasteiger partial charge in [-0.3, -0.25) is 0 Å². The third-order valence-corrected chi connectivity index (χ3v) is 4.86. The van der Waals surface area contributed by atoms with Gasteiger partial charge in [-0.15, -0.1) is 0 Å². The SMILES string of the molecule is [2H]C([2H])([2H])OCCOc1cc2c(N[C@H](C)c3cccc(C(C)(F)F)c3F)nc(C)nc2cc1OC. The van der Waals surface area contributed by atoms with Crippen LogP contribution in [-0.2, 0) is 10.7 Å². The van der Waals surface area contributed by atoms with Crippen molar-refractivity contribution in [1.29, 1.82) is 0 Å². The highest BCUT2D eigenvalue weighted by Crippen LogP contribution is 2.36. The third-order valence-electron chi connectivity index (χ3n) is 4.86. The monoisotopic (exact) mass is 452 g/mol. The Morgan fingerprint density at radius 1 is 1.19 bits per heavy atom. The number of hydrogen-bond donors (Lipinski definition) is 1. The molecule has 0 bridgehead atoms. The van der Waals surface area contributed by atoms with Gasteiger partial charge in [-0.25, -0.2) is 23.1 Å². The highest BCUT2D eigenvalue weighted by atomic mass is 19.3. The number of ether oxygens (including phenoxy) is 3. The van der Waals surface area contributed by atoms with E-state index in [-0.39, 0.29) is 24.5 Å². The van der Waals surface area contributed by atoms with E-state index >= 15 is 0 Å². The van der Waals surface area contributed by atoms with Crippen molar-refractivity contribution in [2.75, 3.05) is 32.7 Å². The van der Waals surface area contributed by atoms with Crippen LogP contribution in [0, 0.1) is 12.7 Å². The summed E-state index contributed by atoms with van der Waals surface area (Å²) in [5, 5.41) is 3.59. The second-order valence-corrected chi connectivity index (χ2v) is 7.30. The molecular formula is C23H26F3N3O3. The fraction of sp³-hybridized carbons (Fsp3) is 0.391. The number of nitrogens with one attached hydrogen (secondary N) is 1. The van der Waals surface area contributed by atoms with Crippen molar-refractivity contribution in [3.05, 3.63) is 53.1 Å². The van der Waals surface area contributed by atoms with Gasteiger partial charge >= 0.3 is 0 Å². The molecule has 0 saturated carbocycles. The number of hydrogen-bond acceptors (Lipinski definition) is 6. The molecule has 0 spiro atoms. The van der Waals surface area contributed by atoms with Crippen molar-refractivity contribution in [1.82, 2.24) is 9.97 Å². The van der Waals surface area contributed by atoms with Gasteiger partial charge in [0.2, 0.25) is 0 Å². The topological polar surface area (TPSA) is 65.5 Å². The molecule has 1 aromatic heterocycles. The van der Waals surface area contributed by atoms with Crippen LogP contribution in [0.25, 0.3) is 10.9 Å². The number of halogens is 3. The molecule has 3 rings (SSSR count). The van der Waals surface area contributed by atoms with Gasteiger partial charge in [-0.2, -0.15) is 0 Å². The Balaban J connectivity index is 1.95. The van der Waals surface area contributed by atoms with E-state index in [1.807, 2.05) is 0 Å². The summed E-state index contributed by atoms with van der Waals surface area (Å²) in [6, 6.07) is 6.38. The maximum atomic E-state index is 14.9. The minimum atomic E-state index is -3.33. The van der Waals surface area contributed by atoms with E-state index in [2.05, 4.69) is 15.3 Å². The number of alkyl halides is 2. The summed E-state index contributed by atoms with van der Waals surface area (Å²) in [5.74, 6) is -2.93. The zero-order valence-electron chi connectivity index (χ0n) is 21.1. The molecule has 0 radical (unpaired) electrons. The highest BCUT2D eigenvalue weighted by molar-refractivity contribution is 5.92. The van der Waals surface area contributed by atoms with Gasteiger partial charge in [0.15, 0.2) is 11.5 Å². The Morgan fingerprint density at radius 3 is 2.66 bits per heavy atom. The van der Waals surface area contributed by atoms with E-state index in [0.717, 1.165) is 6.07 Å². The first-order valence-corrected chi connectivity index (χ1v) is 9.86. The molecular weight excluding hydrogens is 423 g/mol. The van der Waals surface area contributed by atoms with Crippen molar-refractivity contribution in [3.8, 4) is 11.5 Å². The zero-order valence-corrected chi connectivity index (χ0v) is 18.1. The first-order valence-electron chi connectivity index (χ1n) is 11.4. The van der Waals surface area contributed by atoms with Crippen LogP contribution in [0.15, 0.2) is 30.3 Å². The number of fused-ring (bicyclic) bond motifs is 1. The molecule has 3 aromatic rings. The molecule has 172 valence electrons. The van der Waals surface area contributed by atoms with Crippen LogP contribution in [-0.4, -0.2) is 37.3 Å². The van der Waals surface area contributed by atoms with Gasteiger partial charge in [0.05, 0.1) is 35.0 Å². The summed E-state index contributed by atoms with van der Waals surface area (Å²) >= 11 is 0. The number of methoxy groups -OCH3 is 2. The fourth-order valence-corrected chi connectivity index (χ4v) is 3.33. The lowest BCUT2D eigenvalue weighted by atomic mass is 10.0. The molecule has 0 aliphatic carbocycles. The van der Waals surface area contributed by atoms with E-state index in [4.69, 9.17) is 18.3 Å². The van der Waals surface area contributed by atoms with Gasteiger partial charge in [-0.05, 0) is 19.9 Å². The number of nitrogens with zero attached hydrogens (tertiary/aromatic N) is 2. The summed E-state index contributed by atoms with van der Waals surface area (Å²) in [5.41, 5.74) is -0.128. The van der Waals surface area contributed by atoms with Crippen LogP contribution in [0.4, 0.5) is 19.0 Å². The van der Waals surface area contributed by atoms with Crippen LogP contribution in [0.5, 0.6) is 11.5 Å². The van der Waals surface area contributed by atoms with Crippen molar-refractivity contribution in [2.45, 2.75) is 32.7 Å². The minimum Gasteiger partial charge on any atom is -0.493 e. The Labute approximate surface area is 188 Å². The summed E-state index contributed by atoms with van der Waals surface area (Å²) in [6.07, 6.45) is 0. The largest absolute Gasteiger partial charge is 0.493 e. The van der Waals surface area contributed by atoms with Crippen molar-refractivity contribution < 1.29 is 31.5 Å². The van der Waals surface area contributed by atoms with Crippen LogP contribution < -0.4 is 14.8 Å². The van der Waals surface area contributed by atoms with Crippen LogP contribution in [0.2, 0.25) is 0 Å². The molecule has 9 heteroatoms. The highest BCUT2D eigenvalue weighted by Gasteiger charge is 2.30. The van der Waals surface area contributed by atoms with E-state index in [1.54, 1.807) is 26.0 Å². The Hall–Kier alpha value is -3.07. The van der Waals surface area contributed by atoms with Crippen molar-refractivity contribution in [3.63, 3.8) is 0 Å². The fourth-order valence-electron chi connectivity index (χ4n) is 3.33. The molecule has 32 heavy (non-hydrogen) atoms. The number of anilines is 1. The molecule has 0 aliphatic rings. The number of benzene rings is 2. The smallest absolute Gasteiger partial charge is 0.273 e. The second-order valence-electron chi connectivity index (χ2n) is 7.30. The molecule has 1 atom stereocenters. The molecule has 0 fully saturated rings. The molecule has 1 heterocycles. The van der Waals surface area contributed by atoms with Crippen molar-refractivity contribution in [2.24, 2.45) is 0 Å². The van der Waals surface area contributed by atoms with E-state index in [0.29, 0.717) is 35.2 Å². The van der Waals surface area contributed by atoms with E-state index in [9.17, 15) is 13.2 Å². The van der Waals surface area contributed by atoms with Gasteiger partial charge in [0.25, 0.3) is 5.92 Å². The predicted molar refractivity (Wildman–Crippen MR) is 116 cm³/mol. The van der Waals surface area contributed by atoms with E-state index < -0.39 is 30.4 Å². The predicted octanol–water partition coefficient (Wildman–Crippen LogP) is 5.40. The minimum absolute atomic E-state index is 0.0558. The standard InChI is InChI=1S/C23H26F3N3O3/c1-13(15-7-6-8-17(21(15)24)23(3,25)26)27-22-16-11-20(32-10-9-30-4)19(31-5)12-18(16)28-14(2)29-22/h6-8,11-13H,9-10H2,1-5H3,(H,27,28,29)/t13-/m1/s1/i4D3. The first-order chi connectivity index (χ1) is 16.3. The number of aromatic nitrogens is 2. The summed E-state index contributed by atoms with van der Waals surface area (Å²) in [4.78, 5) is 8.80. The molecule has 1 N–H and O–H groups in total. The normalized spacial score (nSPS) is 14.4. The average Bonchev–Trinajstić information content (AvgIpc) is 2.74. The second kappa shape index (κ2) is 9.60. The number of aryl methyl sites for hydroxylation is 1. The molecule has 0 aliphatic heterocycles. The maximum absolute atomic E-state index is 14.9. The van der Waals surface area contributed by atoms with Gasteiger partial charge in [0.1, 0.15) is 24.1 Å². The summed E-state index contributed by atoms with van der Waals surface area (Å²) in [6.45, 7) is 3.72. The maximum Gasteiger partial charge on any atom is 0.273 e. The van der Waals surface area contributed by atoms with Gasteiger partial charge < -0.3 is 19.5 Å². The van der Waals surface area contributed by atoms with Crippen LogP contribution in [0.1, 0.15) is 41.0 Å². The lowest BCUT2D eigenvalue weighted by Crippen LogP contribution is -2.16. The van der Waals surface area contributed by atoms with Crippen LogP contribution in [0.3, 0.4) is 0 Å². The quantitative estimate of drug-likeness (QED) is 0.439. The average molecular weight is 452 g/mol. The molecule has 6 nitrogen and oxygen atoms in total. The Morgan fingerprint density at radius 2 is 1.97 bits per heavy atom. The Kier molecular flexibility index (Phi) is 5.88. The van der Waals surface area contributed by atoms with Crippen LogP contribution >= 0.6 is 0 Å². The molecule has 0 saturated heterocycles. The lowest BCUT2D eigenvalue weighted by Gasteiger charge is -2.20. The van der Waals surface area contributed by atoms with Gasteiger partial charge in [0, 0.05) is 31.0 Å². The third kappa shape index (κ3) is 5.04. The molecule has 0 amide bonds. The van der Waals surface area contributed by atoms with Gasteiger partial charge in [-0.1, -0.05) is 18.2 Å². The van der Waals surface area contributed by atoms with E-state index in [1.165, 1.54) is 19.2 Å². The Bertz CT molecular complexity index is 1200. The lowest BCUT2D eigenvalue weighted by molar-refractivity contribution is 0.0136. The molecule has 2 aromatic carbocycles. The summed E-state index contributed by atoms with van der Waals surface area (Å²) in [7, 11) is -1.09. The zero-order chi connectivity index (χ0) is 26.0.